The van der Waals surface area contributed by atoms with Crippen molar-refractivity contribution in [3.63, 3.8) is 0 Å². The van der Waals surface area contributed by atoms with Crippen molar-refractivity contribution in [1.82, 2.24) is 34.9 Å². The molecule has 7 heterocycles. The number of benzene rings is 3. The van der Waals surface area contributed by atoms with Crippen LogP contribution in [0.2, 0.25) is 0 Å². The molecule has 0 unspecified atom stereocenters. The van der Waals surface area contributed by atoms with Gasteiger partial charge in [0.15, 0.2) is 11.6 Å². The number of esters is 1. The number of carbonyl (C=O) groups is 6. The Balaban J connectivity index is 0.694. The van der Waals surface area contributed by atoms with Gasteiger partial charge in [0, 0.05) is 111 Å². The van der Waals surface area contributed by atoms with E-state index < -0.39 is 46.9 Å². The van der Waals surface area contributed by atoms with Crippen LogP contribution in [-0.4, -0.2) is 160 Å². The van der Waals surface area contributed by atoms with Gasteiger partial charge in [-0.2, -0.15) is 0 Å². The quantitative estimate of drug-likeness (QED) is 0.0558. The Morgan fingerprint density at radius 2 is 1.66 bits per heavy atom. The average molecular weight is 1120 g/mol. The molecular weight excluding hydrogens is 1060 g/mol. The zero-order valence-electron chi connectivity index (χ0n) is 46.1. The molecule has 0 bridgehead atoms. The highest BCUT2D eigenvalue weighted by molar-refractivity contribution is 6.03. The third kappa shape index (κ3) is 12.2. The van der Waals surface area contributed by atoms with Crippen molar-refractivity contribution < 1.29 is 58.0 Å². The van der Waals surface area contributed by atoms with Crippen LogP contribution in [-0.2, 0) is 54.1 Å². The minimum Gasteiger partial charge on any atom is -0.480 e. The summed E-state index contributed by atoms with van der Waals surface area (Å²) in [6, 6.07) is 19.6. The van der Waals surface area contributed by atoms with Crippen molar-refractivity contribution in [3.8, 4) is 17.1 Å². The van der Waals surface area contributed by atoms with Gasteiger partial charge in [0.1, 0.15) is 30.6 Å². The topological polar surface area (TPSA) is 288 Å². The Kier molecular flexibility index (Phi) is 16.2. The summed E-state index contributed by atoms with van der Waals surface area (Å²) in [6.07, 6.45) is 0.715. The first-order chi connectivity index (χ1) is 39.3. The van der Waals surface area contributed by atoms with Crippen LogP contribution >= 0.6 is 0 Å². The van der Waals surface area contributed by atoms with Gasteiger partial charge in [-0.1, -0.05) is 30.3 Å². The first-order valence-electron chi connectivity index (χ1n) is 27.4. The molecule has 0 radical (unpaired) electrons. The van der Waals surface area contributed by atoms with Crippen LogP contribution in [0.1, 0.15) is 91.6 Å². The van der Waals surface area contributed by atoms with E-state index in [1.807, 2.05) is 45.0 Å². The first kappa shape index (κ1) is 56.2. The number of guanidine groups is 1. The lowest BCUT2D eigenvalue weighted by molar-refractivity contribution is -0.172. The first-order valence-corrected chi connectivity index (χ1v) is 27.4. The zero-order valence-corrected chi connectivity index (χ0v) is 46.1. The van der Waals surface area contributed by atoms with Gasteiger partial charge >= 0.3 is 24.1 Å². The second-order valence-corrected chi connectivity index (χ2v) is 21.6. The number of rotatable bonds is 14. The van der Waals surface area contributed by atoms with Crippen molar-refractivity contribution in [2.24, 2.45) is 10.1 Å². The molecule has 5 aromatic rings. The number of cyclic esters (lactones) is 1. The Labute approximate surface area is 471 Å². The molecule has 3 aromatic carbocycles. The lowest BCUT2D eigenvalue weighted by Gasteiger charge is -2.36. The van der Waals surface area contributed by atoms with E-state index in [9.17, 15) is 43.8 Å². The predicted molar refractivity (Wildman–Crippen MR) is 301 cm³/mol. The van der Waals surface area contributed by atoms with Crippen LogP contribution in [0.5, 0.6) is 5.75 Å². The van der Waals surface area contributed by atoms with Crippen LogP contribution in [0, 0.1) is 0 Å². The molecule has 0 aliphatic carbocycles. The number of hydrogen-bond acceptors (Lipinski definition) is 18. The molecule has 2 aromatic heterocycles. The summed E-state index contributed by atoms with van der Waals surface area (Å²) in [5, 5.41) is 35.0. The van der Waals surface area contributed by atoms with Crippen molar-refractivity contribution >= 4 is 70.4 Å². The second-order valence-electron chi connectivity index (χ2n) is 21.6. The number of aliphatic carboxylic acids is 1. The Morgan fingerprint density at radius 1 is 0.915 bits per heavy atom. The summed E-state index contributed by atoms with van der Waals surface area (Å²) in [4.78, 5) is 114. The lowest BCUT2D eigenvalue weighted by atomic mass is 9.86. The number of fused-ring (bicyclic) bond motifs is 5. The number of carbonyl (C=O) groups excluding carboxylic acids is 5. The highest BCUT2D eigenvalue weighted by Crippen LogP contribution is 2.40. The average Bonchev–Trinajstić information content (AvgIpc) is 2.85. The summed E-state index contributed by atoms with van der Waals surface area (Å²) in [5.74, 6) is -1.65. The summed E-state index contributed by atoms with van der Waals surface area (Å²) < 4.78 is 18.0. The molecule has 82 heavy (non-hydrogen) atoms. The fourth-order valence-corrected chi connectivity index (χ4v) is 10.5. The van der Waals surface area contributed by atoms with Crippen molar-refractivity contribution in [2.45, 2.75) is 90.4 Å². The lowest BCUT2D eigenvalue weighted by Crippen LogP contribution is -2.51. The molecule has 0 saturated carbocycles. The molecule has 24 nitrogen and oxygen atoms in total. The molecule has 24 heteroatoms. The molecular formula is C58H65N11O13. The number of nitrogens with one attached hydrogen (secondary N) is 3. The number of oxime groups is 1. The SMILES string of the molecule is CC[C@@]1(O)C(=O)OCc2c1cc1n(c2=O)Cc2c-1nc1ccc(OC(=O)N3CCN(C(=O)c4ccc(COC(=O)N[C@@H](CCC(=O)N5CCN(c6cccc(NC7=NCCCN7)c6)CC5)C(=O)O)cc4)CC3)cc1c2/C=N/OC(C)(C)C. The van der Waals surface area contributed by atoms with E-state index in [-0.39, 0.29) is 93.9 Å². The minimum atomic E-state index is -2.00. The molecule has 0 spiro atoms. The summed E-state index contributed by atoms with van der Waals surface area (Å²) in [5.41, 5.74) is 2.71. The highest BCUT2D eigenvalue weighted by Gasteiger charge is 2.45. The second kappa shape index (κ2) is 23.6. The van der Waals surface area contributed by atoms with E-state index in [4.69, 9.17) is 24.0 Å². The monoisotopic (exact) mass is 1120 g/mol. The maximum Gasteiger partial charge on any atom is 0.415 e. The molecule has 2 saturated heterocycles. The molecule has 5 aliphatic heterocycles. The van der Waals surface area contributed by atoms with Gasteiger partial charge < -0.3 is 69.4 Å². The number of aliphatic hydroxyl groups is 1. The normalized spacial score (nSPS) is 18.1. The molecule has 5 aliphatic rings. The molecule has 10 rings (SSSR count). The number of amides is 4. The van der Waals surface area contributed by atoms with E-state index in [0.29, 0.717) is 70.7 Å². The zero-order chi connectivity index (χ0) is 57.9. The number of anilines is 2. The van der Waals surface area contributed by atoms with E-state index in [1.165, 1.54) is 15.7 Å². The van der Waals surface area contributed by atoms with Gasteiger partial charge in [-0.05, 0) is 100 Å². The maximum atomic E-state index is 13.9. The molecule has 2 fully saturated rings. The minimum absolute atomic E-state index is 0.00299. The number of piperazine rings is 2. The van der Waals surface area contributed by atoms with Crippen LogP contribution < -0.4 is 31.1 Å². The largest absolute Gasteiger partial charge is 0.480 e. The molecule has 430 valence electrons. The summed E-state index contributed by atoms with van der Waals surface area (Å²) in [6.45, 7) is 11.4. The van der Waals surface area contributed by atoms with Crippen molar-refractivity contribution in [2.75, 3.05) is 75.7 Å². The third-order valence-corrected chi connectivity index (χ3v) is 15.1. The van der Waals surface area contributed by atoms with Crippen molar-refractivity contribution in [1.29, 1.82) is 0 Å². The fourth-order valence-electron chi connectivity index (χ4n) is 10.5. The van der Waals surface area contributed by atoms with Crippen LogP contribution in [0.4, 0.5) is 21.0 Å². The molecule has 4 amide bonds. The van der Waals surface area contributed by atoms with Gasteiger partial charge in [-0.3, -0.25) is 19.4 Å². The number of carboxylic acids is 1. The van der Waals surface area contributed by atoms with Crippen LogP contribution in [0.25, 0.3) is 22.3 Å². The highest BCUT2D eigenvalue weighted by atomic mass is 16.6. The van der Waals surface area contributed by atoms with E-state index in [0.717, 1.165) is 36.8 Å². The molecule has 2 atom stereocenters. The number of alkyl carbamates (subject to hydrolysis) is 1. The Hall–Kier alpha value is -9.06. The van der Waals surface area contributed by atoms with Crippen LogP contribution in [0.15, 0.2) is 87.7 Å². The van der Waals surface area contributed by atoms with Gasteiger partial charge in [-0.25, -0.2) is 24.2 Å². The van der Waals surface area contributed by atoms with Crippen LogP contribution in [0.3, 0.4) is 0 Å². The van der Waals surface area contributed by atoms with Gasteiger partial charge in [-0.15, -0.1) is 0 Å². The Bertz CT molecular complexity index is 3450. The number of aromatic nitrogens is 2. The van der Waals surface area contributed by atoms with E-state index in [2.05, 4.69) is 31.0 Å². The smallest absolute Gasteiger partial charge is 0.415 e. The number of ether oxygens (including phenoxy) is 3. The predicted octanol–water partition coefficient (Wildman–Crippen LogP) is 4.76. The van der Waals surface area contributed by atoms with E-state index in [1.54, 1.807) is 65.3 Å². The van der Waals surface area contributed by atoms with Gasteiger partial charge in [0.25, 0.3) is 11.5 Å². The fraction of sp³-hybridized carbons (Fsp3) is 0.414. The number of pyridine rings is 2. The van der Waals surface area contributed by atoms with Crippen molar-refractivity contribution in [3.05, 3.63) is 117 Å². The van der Waals surface area contributed by atoms with Gasteiger partial charge in [0.2, 0.25) is 5.91 Å². The van der Waals surface area contributed by atoms with Gasteiger partial charge in [0.05, 0.1) is 35.2 Å². The standard InChI is InChI=1S/C58H65N11O13/c1-5-58(78)44-30-47-49-42(32-69(47)51(72)43(44)34-79-53(58)75)41(31-61-82-57(2,3)4)40-29-39(14-15-45(40)63-49)81-56(77)68-26-24-67(25-27-68)50(71)36-12-10-35(11-13-36)33-80-55(76)64-46(52(73)74)16-17-48(70)66-22-20-65(21-23-66)38-9-6-8-37(28-38)62-54-59-18-7-19-60-54/h6,8-15,28-31,46,78H,5,7,16-27,32-34H2,1-4H3,(H,64,76)(H,73,74)(H2,59,60,62)/b61-31+/t46-,58-/m0/s1. The third-order valence-electron chi connectivity index (χ3n) is 15.1. The van der Waals surface area contributed by atoms with E-state index >= 15 is 0 Å². The summed E-state index contributed by atoms with van der Waals surface area (Å²) >= 11 is 0. The molecule has 5 N–H and O–H groups in total. The number of carboxylic acid groups (broad SMARTS) is 1. The summed E-state index contributed by atoms with van der Waals surface area (Å²) in [7, 11) is 0. The Morgan fingerprint density at radius 3 is 2.37 bits per heavy atom. The number of nitrogens with zero attached hydrogens (tertiary/aromatic N) is 8. The number of hydrogen-bond donors (Lipinski definition) is 5. The maximum absolute atomic E-state index is 13.9. The number of aliphatic imine (C=N–C) groups is 1.